The maximum Gasteiger partial charge on any atom is 0.223 e. The number of hydrogen-bond acceptors (Lipinski definition) is 1. The number of amides is 1. The number of aromatic amines is 1. The minimum absolute atomic E-state index is 0.148. The summed E-state index contributed by atoms with van der Waals surface area (Å²) in [6.45, 7) is 2.60. The number of nitrogens with one attached hydrogen (secondary N) is 2. The van der Waals surface area contributed by atoms with Crippen LogP contribution in [0, 0.1) is 12.8 Å². The molecule has 1 aromatic heterocycles. The molecule has 0 unspecified atom stereocenters. The van der Waals surface area contributed by atoms with E-state index in [-0.39, 0.29) is 11.8 Å². The lowest BCUT2D eigenvalue weighted by Gasteiger charge is -2.07. The fourth-order valence-electron chi connectivity index (χ4n) is 3.17. The molecule has 1 amide bonds. The van der Waals surface area contributed by atoms with E-state index < -0.39 is 0 Å². The van der Waals surface area contributed by atoms with Crippen molar-refractivity contribution in [1.82, 2.24) is 10.3 Å². The molecule has 1 fully saturated rings. The molecule has 1 aliphatic carbocycles. The Hall–Kier alpha value is -2.26. The number of aromatic nitrogens is 1. The van der Waals surface area contributed by atoms with Gasteiger partial charge in [-0.1, -0.05) is 41.9 Å². The van der Waals surface area contributed by atoms with E-state index in [4.69, 9.17) is 11.6 Å². The smallest absolute Gasteiger partial charge is 0.223 e. The van der Waals surface area contributed by atoms with Crippen LogP contribution in [-0.4, -0.2) is 10.9 Å². The Morgan fingerprint density at radius 2 is 2.00 bits per heavy atom. The Morgan fingerprint density at radius 3 is 2.71 bits per heavy atom. The number of halogens is 1. The van der Waals surface area contributed by atoms with Crippen LogP contribution in [0.15, 0.2) is 42.5 Å². The number of carbonyl (C=O) groups is 1. The lowest BCUT2D eigenvalue weighted by Crippen LogP contribution is -2.24. The second kappa shape index (κ2) is 5.99. The van der Waals surface area contributed by atoms with Crippen molar-refractivity contribution in [3.05, 3.63) is 58.6 Å². The fourth-order valence-corrected chi connectivity index (χ4v) is 3.41. The van der Waals surface area contributed by atoms with Crippen LogP contribution in [0.3, 0.4) is 0 Å². The lowest BCUT2D eigenvalue weighted by atomic mass is 10.1. The second-order valence-corrected chi connectivity index (χ2v) is 6.91. The van der Waals surface area contributed by atoms with Crippen molar-refractivity contribution < 1.29 is 4.79 Å². The van der Waals surface area contributed by atoms with E-state index in [9.17, 15) is 4.79 Å². The highest BCUT2D eigenvalue weighted by atomic mass is 35.5. The molecule has 1 saturated carbocycles. The van der Waals surface area contributed by atoms with Gasteiger partial charge in [-0.15, -0.1) is 0 Å². The van der Waals surface area contributed by atoms with E-state index in [2.05, 4.69) is 29.4 Å². The highest BCUT2D eigenvalue weighted by Crippen LogP contribution is 2.34. The number of hydrogen-bond donors (Lipinski definition) is 2. The summed E-state index contributed by atoms with van der Waals surface area (Å²) >= 11 is 6.31. The quantitative estimate of drug-likeness (QED) is 0.703. The normalized spacial score (nSPS) is 14.1. The van der Waals surface area contributed by atoms with Gasteiger partial charge in [-0.25, -0.2) is 0 Å². The molecular weight excluding hydrogens is 320 g/mol. The van der Waals surface area contributed by atoms with Crippen molar-refractivity contribution in [1.29, 1.82) is 0 Å². The molecule has 0 aliphatic heterocycles. The van der Waals surface area contributed by atoms with Gasteiger partial charge in [-0.05, 0) is 48.6 Å². The van der Waals surface area contributed by atoms with Gasteiger partial charge in [0.1, 0.15) is 0 Å². The molecule has 0 atom stereocenters. The van der Waals surface area contributed by atoms with E-state index in [1.807, 2.05) is 30.3 Å². The largest absolute Gasteiger partial charge is 0.354 e. The van der Waals surface area contributed by atoms with Gasteiger partial charge < -0.3 is 10.3 Å². The van der Waals surface area contributed by atoms with Crippen LogP contribution in [-0.2, 0) is 11.3 Å². The van der Waals surface area contributed by atoms with Gasteiger partial charge >= 0.3 is 0 Å². The molecule has 1 heterocycles. The zero-order valence-corrected chi connectivity index (χ0v) is 14.3. The Bertz CT molecular complexity index is 910. The molecule has 0 radical (unpaired) electrons. The molecular formula is C20H19ClN2O. The molecule has 122 valence electrons. The Balaban J connectivity index is 1.75. The van der Waals surface area contributed by atoms with E-state index >= 15 is 0 Å². The van der Waals surface area contributed by atoms with Crippen LogP contribution in [0.25, 0.3) is 22.2 Å². The minimum atomic E-state index is 0.148. The number of fused-ring (bicyclic) bond motifs is 1. The van der Waals surface area contributed by atoms with E-state index in [1.54, 1.807) is 0 Å². The van der Waals surface area contributed by atoms with Gasteiger partial charge in [0, 0.05) is 28.6 Å². The standard InChI is InChI=1S/C20H19ClN2O/c1-12-17-10-16(21)9-15(11-22-20(24)14-7-8-14)19(17)23-18(12)13-5-3-2-4-6-13/h2-6,9-10,14,23H,7-8,11H2,1H3,(H,22,24). The predicted octanol–water partition coefficient (Wildman–Crippen LogP) is 4.82. The van der Waals surface area contributed by atoms with Crippen molar-refractivity contribution in [2.75, 3.05) is 0 Å². The molecule has 0 bridgehead atoms. The zero-order chi connectivity index (χ0) is 16.7. The van der Waals surface area contributed by atoms with Gasteiger partial charge in [-0.3, -0.25) is 4.79 Å². The first-order valence-electron chi connectivity index (χ1n) is 8.27. The molecule has 24 heavy (non-hydrogen) atoms. The first-order valence-corrected chi connectivity index (χ1v) is 8.65. The van der Waals surface area contributed by atoms with Gasteiger partial charge in [-0.2, -0.15) is 0 Å². The number of rotatable bonds is 4. The molecule has 1 aliphatic rings. The van der Waals surface area contributed by atoms with Crippen molar-refractivity contribution in [2.24, 2.45) is 5.92 Å². The maximum absolute atomic E-state index is 11.9. The summed E-state index contributed by atoms with van der Waals surface area (Å²) < 4.78 is 0. The van der Waals surface area contributed by atoms with Crippen LogP contribution in [0.1, 0.15) is 24.0 Å². The van der Waals surface area contributed by atoms with Crippen molar-refractivity contribution in [3.63, 3.8) is 0 Å². The highest BCUT2D eigenvalue weighted by molar-refractivity contribution is 6.31. The number of benzene rings is 2. The first kappa shape index (κ1) is 15.3. The lowest BCUT2D eigenvalue weighted by molar-refractivity contribution is -0.122. The molecule has 0 spiro atoms. The summed E-state index contributed by atoms with van der Waals surface area (Å²) in [5.41, 5.74) is 5.50. The van der Waals surface area contributed by atoms with Gasteiger partial charge in [0.05, 0.1) is 5.52 Å². The summed E-state index contributed by atoms with van der Waals surface area (Å²) in [6.07, 6.45) is 2.02. The average Bonchev–Trinajstić information content (AvgIpc) is 3.39. The number of H-pyrrole nitrogens is 1. The van der Waals surface area contributed by atoms with E-state index in [0.717, 1.165) is 40.6 Å². The summed E-state index contributed by atoms with van der Waals surface area (Å²) in [6, 6.07) is 14.2. The highest BCUT2D eigenvalue weighted by Gasteiger charge is 2.29. The molecule has 4 heteroatoms. The Labute approximate surface area is 146 Å². The number of carbonyl (C=O) groups excluding carboxylic acids is 1. The fraction of sp³-hybridized carbons (Fsp3) is 0.250. The summed E-state index contributed by atoms with van der Waals surface area (Å²) in [5.74, 6) is 0.361. The molecule has 0 saturated heterocycles. The molecule has 4 rings (SSSR count). The van der Waals surface area contributed by atoms with Crippen LogP contribution in [0.5, 0.6) is 0 Å². The van der Waals surface area contributed by atoms with Crippen molar-refractivity contribution in [3.8, 4) is 11.3 Å². The Kier molecular flexibility index (Phi) is 3.81. The van der Waals surface area contributed by atoms with Gasteiger partial charge in [0.2, 0.25) is 5.91 Å². The third kappa shape index (κ3) is 2.80. The van der Waals surface area contributed by atoms with Crippen LogP contribution < -0.4 is 5.32 Å². The van der Waals surface area contributed by atoms with Gasteiger partial charge in [0.25, 0.3) is 0 Å². The second-order valence-electron chi connectivity index (χ2n) is 6.47. The third-order valence-electron chi connectivity index (χ3n) is 4.68. The number of aryl methyl sites for hydroxylation is 1. The minimum Gasteiger partial charge on any atom is -0.354 e. The van der Waals surface area contributed by atoms with Gasteiger partial charge in [0.15, 0.2) is 0 Å². The maximum atomic E-state index is 11.9. The summed E-state index contributed by atoms with van der Waals surface area (Å²) in [5, 5.41) is 4.83. The monoisotopic (exact) mass is 338 g/mol. The van der Waals surface area contributed by atoms with Crippen LogP contribution >= 0.6 is 11.6 Å². The SMILES string of the molecule is Cc1c(-c2ccccc2)[nH]c2c(CNC(=O)C3CC3)cc(Cl)cc12. The molecule has 3 aromatic rings. The van der Waals surface area contributed by atoms with E-state index in [0.29, 0.717) is 11.6 Å². The van der Waals surface area contributed by atoms with E-state index in [1.165, 1.54) is 5.56 Å². The third-order valence-corrected chi connectivity index (χ3v) is 4.90. The summed E-state index contributed by atoms with van der Waals surface area (Å²) in [4.78, 5) is 15.5. The topological polar surface area (TPSA) is 44.9 Å². The van der Waals surface area contributed by atoms with Crippen molar-refractivity contribution >= 4 is 28.4 Å². The Morgan fingerprint density at radius 1 is 1.25 bits per heavy atom. The predicted molar refractivity (Wildman–Crippen MR) is 98.1 cm³/mol. The molecule has 3 nitrogen and oxygen atoms in total. The average molecular weight is 339 g/mol. The molecule has 2 N–H and O–H groups in total. The summed E-state index contributed by atoms with van der Waals surface area (Å²) in [7, 11) is 0. The first-order chi connectivity index (χ1) is 11.6. The molecule has 2 aromatic carbocycles. The van der Waals surface area contributed by atoms with Crippen molar-refractivity contribution in [2.45, 2.75) is 26.3 Å². The zero-order valence-electron chi connectivity index (χ0n) is 13.5. The van der Waals surface area contributed by atoms with Crippen LogP contribution in [0.2, 0.25) is 5.02 Å². The van der Waals surface area contributed by atoms with Crippen LogP contribution in [0.4, 0.5) is 0 Å².